The molecule has 3 aromatic rings. The number of anilines is 4. The van der Waals surface area contributed by atoms with Crippen LogP contribution in [0.3, 0.4) is 0 Å². The summed E-state index contributed by atoms with van der Waals surface area (Å²) in [6.07, 6.45) is 4.90. The molecule has 0 aliphatic carbocycles. The molecule has 2 fully saturated rings. The molecular formula is C26H35FN8O. The number of nitrogens with zero attached hydrogens (tertiary/aromatic N) is 7. The Morgan fingerprint density at radius 3 is 2.53 bits per heavy atom. The Morgan fingerprint density at radius 2 is 1.81 bits per heavy atom. The van der Waals surface area contributed by atoms with Gasteiger partial charge in [0.1, 0.15) is 17.5 Å². The van der Waals surface area contributed by atoms with Crippen molar-refractivity contribution in [3.8, 4) is 0 Å². The maximum Gasteiger partial charge on any atom is 0.227 e. The van der Waals surface area contributed by atoms with Crippen LogP contribution in [0.25, 0.3) is 10.8 Å². The largest absolute Gasteiger partial charge is 0.390 e. The quantitative estimate of drug-likeness (QED) is 0.554. The molecule has 5 rings (SSSR count). The average Bonchev–Trinajstić information content (AvgIpc) is 2.85. The Labute approximate surface area is 211 Å². The molecular weight excluding hydrogens is 459 g/mol. The van der Waals surface area contributed by atoms with E-state index in [1.165, 1.54) is 12.5 Å². The van der Waals surface area contributed by atoms with Gasteiger partial charge in [0.05, 0.1) is 12.6 Å². The van der Waals surface area contributed by atoms with E-state index in [9.17, 15) is 9.50 Å². The minimum absolute atomic E-state index is 0.0473. The number of halogens is 1. The summed E-state index contributed by atoms with van der Waals surface area (Å²) in [7, 11) is 2.15. The van der Waals surface area contributed by atoms with E-state index in [1.54, 1.807) is 17.2 Å². The van der Waals surface area contributed by atoms with E-state index in [0.29, 0.717) is 36.5 Å². The summed E-state index contributed by atoms with van der Waals surface area (Å²) in [5.41, 5.74) is -0.529. The number of likely N-dealkylation sites (N-methyl/N-ethyl adjacent to an activating group) is 1. The highest BCUT2D eigenvalue weighted by atomic mass is 19.1. The fourth-order valence-electron chi connectivity index (χ4n) is 4.95. The van der Waals surface area contributed by atoms with Crippen molar-refractivity contribution in [1.29, 1.82) is 0 Å². The monoisotopic (exact) mass is 494 g/mol. The number of fused-ring (bicyclic) bond motifs is 1. The standard InChI is InChI=1S/C26H35FN8O/c1-17(2)19-14-30-24(34-11-9-33(4)10-12-34)20-15-29-23(13-18(19)20)31-22-5-7-28-25(32-22)35-8-6-21(36)26(3,27)16-35/h5,7,13-15,17,21,36H,6,8-12,16H2,1-4H3,(H,28,29,31,32)/t21-,26+/m1/s1. The average molecular weight is 495 g/mol. The second-order valence-electron chi connectivity index (χ2n) is 10.5. The minimum Gasteiger partial charge on any atom is -0.390 e. The number of hydrogen-bond donors (Lipinski definition) is 2. The van der Waals surface area contributed by atoms with Gasteiger partial charge in [0.15, 0.2) is 5.67 Å². The molecule has 36 heavy (non-hydrogen) atoms. The van der Waals surface area contributed by atoms with Gasteiger partial charge in [0, 0.05) is 56.7 Å². The van der Waals surface area contributed by atoms with Gasteiger partial charge in [-0.1, -0.05) is 13.8 Å². The van der Waals surface area contributed by atoms with Crippen molar-refractivity contribution in [3.05, 3.63) is 36.3 Å². The van der Waals surface area contributed by atoms with Crippen LogP contribution >= 0.6 is 0 Å². The van der Waals surface area contributed by atoms with Gasteiger partial charge in [0.25, 0.3) is 0 Å². The van der Waals surface area contributed by atoms with Crippen molar-refractivity contribution in [3.63, 3.8) is 0 Å². The molecule has 5 heterocycles. The van der Waals surface area contributed by atoms with E-state index in [2.05, 4.69) is 52.0 Å². The molecule has 0 aromatic carbocycles. The lowest BCUT2D eigenvalue weighted by molar-refractivity contribution is -0.00860. The predicted molar refractivity (Wildman–Crippen MR) is 141 cm³/mol. The van der Waals surface area contributed by atoms with Crippen molar-refractivity contribution >= 4 is 34.2 Å². The first-order valence-corrected chi connectivity index (χ1v) is 12.7. The molecule has 0 saturated carbocycles. The van der Waals surface area contributed by atoms with Crippen LogP contribution in [0, 0.1) is 0 Å². The Kier molecular flexibility index (Phi) is 6.65. The Balaban J connectivity index is 1.43. The van der Waals surface area contributed by atoms with Gasteiger partial charge in [-0.15, -0.1) is 0 Å². The van der Waals surface area contributed by atoms with Gasteiger partial charge in [-0.25, -0.2) is 19.3 Å². The molecule has 2 saturated heterocycles. The van der Waals surface area contributed by atoms with Crippen molar-refractivity contribution in [2.75, 3.05) is 61.4 Å². The number of alkyl halides is 1. The molecule has 0 amide bonds. The molecule has 0 spiro atoms. The molecule has 2 atom stereocenters. The molecule has 10 heteroatoms. The lowest BCUT2D eigenvalue weighted by Crippen LogP contribution is -2.52. The summed E-state index contributed by atoms with van der Waals surface area (Å²) >= 11 is 0. The number of nitrogens with one attached hydrogen (secondary N) is 1. The first-order chi connectivity index (χ1) is 17.2. The van der Waals surface area contributed by atoms with Crippen LogP contribution in [0.2, 0.25) is 0 Å². The highest BCUT2D eigenvalue weighted by molar-refractivity contribution is 5.95. The van der Waals surface area contributed by atoms with Crippen LogP contribution in [-0.4, -0.2) is 88.0 Å². The normalized spacial score (nSPS) is 23.5. The molecule has 2 N–H and O–H groups in total. The summed E-state index contributed by atoms with van der Waals surface area (Å²) in [6.45, 7) is 10.2. The number of hydrogen-bond acceptors (Lipinski definition) is 9. The van der Waals surface area contributed by atoms with Gasteiger partial charge in [-0.3, -0.25) is 0 Å². The van der Waals surface area contributed by atoms with E-state index < -0.39 is 11.8 Å². The third kappa shape index (κ3) is 4.92. The molecule has 192 valence electrons. The molecule has 9 nitrogen and oxygen atoms in total. The van der Waals surface area contributed by atoms with E-state index in [0.717, 1.165) is 42.8 Å². The summed E-state index contributed by atoms with van der Waals surface area (Å²) in [5.74, 6) is 2.98. The van der Waals surface area contributed by atoms with Crippen LogP contribution in [0.5, 0.6) is 0 Å². The predicted octanol–water partition coefficient (Wildman–Crippen LogP) is 3.34. The Bertz CT molecular complexity index is 1230. The molecule has 0 unspecified atom stereocenters. The van der Waals surface area contributed by atoms with E-state index in [-0.39, 0.29) is 6.54 Å². The maximum atomic E-state index is 14.7. The van der Waals surface area contributed by atoms with Crippen LogP contribution < -0.4 is 15.1 Å². The fraction of sp³-hybridized carbons (Fsp3) is 0.538. The second-order valence-corrected chi connectivity index (χ2v) is 10.5. The summed E-state index contributed by atoms with van der Waals surface area (Å²) in [5, 5.41) is 15.4. The van der Waals surface area contributed by atoms with Gasteiger partial charge in [-0.2, -0.15) is 4.98 Å². The number of pyridine rings is 2. The maximum absolute atomic E-state index is 14.7. The van der Waals surface area contributed by atoms with Crippen molar-refractivity contribution in [2.24, 2.45) is 0 Å². The summed E-state index contributed by atoms with van der Waals surface area (Å²) in [6, 6.07) is 3.83. The third-order valence-electron chi connectivity index (χ3n) is 7.26. The number of rotatable bonds is 5. The highest BCUT2D eigenvalue weighted by Gasteiger charge is 2.39. The first-order valence-electron chi connectivity index (χ1n) is 12.7. The summed E-state index contributed by atoms with van der Waals surface area (Å²) < 4.78 is 14.7. The van der Waals surface area contributed by atoms with Gasteiger partial charge in [0.2, 0.25) is 5.95 Å². The van der Waals surface area contributed by atoms with E-state index in [1.807, 2.05) is 12.4 Å². The minimum atomic E-state index is -1.70. The zero-order chi connectivity index (χ0) is 25.4. The lowest BCUT2D eigenvalue weighted by atomic mass is 9.94. The Morgan fingerprint density at radius 1 is 1.03 bits per heavy atom. The van der Waals surface area contributed by atoms with Gasteiger partial charge >= 0.3 is 0 Å². The topological polar surface area (TPSA) is 93.5 Å². The smallest absolute Gasteiger partial charge is 0.227 e. The van der Waals surface area contributed by atoms with Crippen LogP contribution in [0.4, 0.5) is 27.8 Å². The van der Waals surface area contributed by atoms with E-state index in [4.69, 9.17) is 9.97 Å². The Hall–Kier alpha value is -3.11. The zero-order valence-electron chi connectivity index (χ0n) is 21.4. The molecule has 2 aliphatic heterocycles. The second kappa shape index (κ2) is 9.74. The van der Waals surface area contributed by atoms with Crippen LogP contribution in [0.15, 0.2) is 30.7 Å². The molecule has 3 aromatic heterocycles. The number of piperidine rings is 1. The number of aromatic nitrogens is 4. The van der Waals surface area contributed by atoms with Gasteiger partial charge < -0.3 is 25.1 Å². The highest BCUT2D eigenvalue weighted by Crippen LogP contribution is 2.33. The lowest BCUT2D eigenvalue weighted by Gasteiger charge is -2.38. The molecule has 2 aliphatic rings. The SMILES string of the molecule is CC(C)c1cnc(N2CCN(C)CC2)c2cnc(Nc3ccnc(N4CC[C@@H](O)[C@@](C)(F)C4)n3)cc12. The zero-order valence-corrected chi connectivity index (χ0v) is 21.4. The number of aliphatic hydroxyl groups is 1. The van der Waals surface area contributed by atoms with Crippen LogP contribution in [-0.2, 0) is 0 Å². The fourth-order valence-corrected chi connectivity index (χ4v) is 4.95. The van der Waals surface area contributed by atoms with Crippen molar-refractivity contribution in [1.82, 2.24) is 24.8 Å². The van der Waals surface area contributed by atoms with E-state index >= 15 is 0 Å². The van der Waals surface area contributed by atoms with Crippen molar-refractivity contribution < 1.29 is 9.50 Å². The molecule has 0 bridgehead atoms. The first kappa shape index (κ1) is 24.6. The van der Waals surface area contributed by atoms with Gasteiger partial charge in [-0.05, 0) is 49.4 Å². The summed E-state index contributed by atoms with van der Waals surface area (Å²) in [4.78, 5) is 24.9. The number of piperazine rings is 1. The third-order valence-corrected chi connectivity index (χ3v) is 7.26. The van der Waals surface area contributed by atoms with Crippen LogP contribution in [0.1, 0.15) is 38.7 Å². The number of aliphatic hydroxyl groups excluding tert-OH is 1. The molecule has 0 radical (unpaired) electrons. The van der Waals surface area contributed by atoms with Crippen molar-refractivity contribution in [2.45, 2.75) is 44.9 Å².